The van der Waals surface area contributed by atoms with Gasteiger partial charge in [0.25, 0.3) is 11.6 Å². The molecule has 9 heteroatoms. The van der Waals surface area contributed by atoms with Crippen LogP contribution in [-0.4, -0.2) is 50.5 Å². The second-order valence-corrected chi connectivity index (χ2v) is 6.03. The molecule has 28 heavy (non-hydrogen) atoms. The van der Waals surface area contributed by atoms with Crippen molar-refractivity contribution in [1.29, 1.82) is 0 Å². The molecular formula is C19H20N4O5. The molecule has 9 nitrogen and oxygen atoms in total. The highest BCUT2D eigenvalue weighted by Gasteiger charge is 2.21. The summed E-state index contributed by atoms with van der Waals surface area (Å²) in [6, 6.07) is 11.4. The van der Waals surface area contributed by atoms with Crippen molar-refractivity contribution in [2.45, 2.75) is 0 Å². The number of hydrogen-bond donors (Lipinski definition) is 1. The molecule has 0 aromatic heterocycles. The average Bonchev–Trinajstić information content (AvgIpc) is 2.74. The molecule has 1 heterocycles. The molecule has 146 valence electrons. The van der Waals surface area contributed by atoms with E-state index in [0.717, 1.165) is 0 Å². The minimum atomic E-state index is -0.419. The minimum absolute atomic E-state index is 0.00710. The third-order valence-corrected chi connectivity index (χ3v) is 4.28. The molecule has 0 atom stereocenters. The molecule has 0 unspecified atom stereocenters. The number of rotatable bonds is 6. The number of nitrogens with zero attached hydrogens (tertiary/aromatic N) is 3. The van der Waals surface area contributed by atoms with Gasteiger partial charge in [-0.05, 0) is 30.3 Å². The van der Waals surface area contributed by atoms with Gasteiger partial charge in [0, 0.05) is 30.3 Å². The summed E-state index contributed by atoms with van der Waals surface area (Å²) >= 11 is 0. The molecule has 1 amide bonds. The smallest absolute Gasteiger partial charge is 0.293 e. The number of hydrazone groups is 1. The Morgan fingerprint density at radius 1 is 1.25 bits per heavy atom. The summed E-state index contributed by atoms with van der Waals surface area (Å²) in [4.78, 5) is 25.0. The quantitative estimate of drug-likeness (QED) is 0.465. The summed E-state index contributed by atoms with van der Waals surface area (Å²) in [5.41, 5.74) is 3.88. The zero-order valence-corrected chi connectivity index (χ0v) is 15.3. The van der Waals surface area contributed by atoms with Gasteiger partial charge >= 0.3 is 0 Å². The Hall–Kier alpha value is -3.46. The van der Waals surface area contributed by atoms with Crippen molar-refractivity contribution in [3.63, 3.8) is 0 Å². The number of carbonyl (C=O) groups excluding carboxylic acids is 1. The molecule has 0 radical (unpaired) electrons. The third kappa shape index (κ3) is 4.63. The van der Waals surface area contributed by atoms with Crippen LogP contribution >= 0.6 is 0 Å². The first-order valence-corrected chi connectivity index (χ1v) is 8.67. The van der Waals surface area contributed by atoms with Crippen molar-refractivity contribution in [1.82, 2.24) is 5.43 Å². The number of morpholine rings is 1. The van der Waals surface area contributed by atoms with Crippen molar-refractivity contribution in [2.75, 3.05) is 38.3 Å². The van der Waals surface area contributed by atoms with Crippen LogP contribution in [0.5, 0.6) is 5.75 Å². The maximum absolute atomic E-state index is 12.1. The minimum Gasteiger partial charge on any atom is -0.497 e. The standard InChI is InChI=1S/C19H20N4O5/c1-27-16-5-3-15(4-6-16)19(24)21-20-13-14-2-7-17(18(12-14)23(25)26)22-8-10-28-11-9-22/h2-7,12-13H,8-11H2,1H3,(H,21,24)/b20-13+. The van der Waals surface area contributed by atoms with Crippen LogP contribution in [0.1, 0.15) is 15.9 Å². The molecule has 0 saturated carbocycles. The van der Waals surface area contributed by atoms with Crippen LogP contribution in [0.15, 0.2) is 47.6 Å². The SMILES string of the molecule is COc1ccc(C(=O)N/N=C/c2ccc(N3CCOCC3)c([N+](=O)[O-])c2)cc1. The summed E-state index contributed by atoms with van der Waals surface area (Å²) in [7, 11) is 1.54. The molecule has 0 spiro atoms. The number of hydrogen-bond acceptors (Lipinski definition) is 7. The fourth-order valence-corrected chi connectivity index (χ4v) is 2.81. The van der Waals surface area contributed by atoms with Gasteiger partial charge in [-0.15, -0.1) is 0 Å². The van der Waals surface area contributed by atoms with E-state index in [0.29, 0.717) is 48.9 Å². The molecule has 1 fully saturated rings. The number of nitro groups is 1. The lowest BCUT2D eigenvalue weighted by Crippen LogP contribution is -2.36. The van der Waals surface area contributed by atoms with E-state index in [9.17, 15) is 14.9 Å². The van der Waals surface area contributed by atoms with Gasteiger partial charge in [0.1, 0.15) is 11.4 Å². The number of methoxy groups -OCH3 is 1. The number of amides is 1. The number of benzene rings is 2. The summed E-state index contributed by atoms with van der Waals surface area (Å²) < 4.78 is 10.3. The highest BCUT2D eigenvalue weighted by molar-refractivity contribution is 5.95. The second kappa shape index (κ2) is 8.96. The van der Waals surface area contributed by atoms with E-state index in [2.05, 4.69) is 10.5 Å². The zero-order chi connectivity index (χ0) is 19.9. The Labute approximate surface area is 161 Å². The number of nitrogens with one attached hydrogen (secondary N) is 1. The Morgan fingerprint density at radius 2 is 1.96 bits per heavy atom. The lowest BCUT2D eigenvalue weighted by molar-refractivity contribution is -0.384. The van der Waals surface area contributed by atoms with Crippen LogP contribution < -0.4 is 15.1 Å². The van der Waals surface area contributed by atoms with Crippen molar-refractivity contribution < 1.29 is 19.2 Å². The van der Waals surface area contributed by atoms with E-state index >= 15 is 0 Å². The monoisotopic (exact) mass is 384 g/mol. The van der Waals surface area contributed by atoms with E-state index in [1.807, 2.05) is 4.90 Å². The molecule has 2 aromatic rings. The maximum Gasteiger partial charge on any atom is 0.293 e. The molecule has 1 saturated heterocycles. The molecule has 1 N–H and O–H groups in total. The molecule has 2 aromatic carbocycles. The van der Waals surface area contributed by atoms with Crippen LogP contribution in [0.2, 0.25) is 0 Å². The molecule has 1 aliphatic heterocycles. The molecular weight excluding hydrogens is 364 g/mol. The van der Waals surface area contributed by atoms with Gasteiger partial charge in [-0.25, -0.2) is 5.43 Å². The first-order chi connectivity index (χ1) is 13.6. The van der Waals surface area contributed by atoms with Gasteiger partial charge in [0.15, 0.2) is 0 Å². The Balaban J connectivity index is 1.69. The van der Waals surface area contributed by atoms with Crippen LogP contribution in [0.4, 0.5) is 11.4 Å². The zero-order valence-electron chi connectivity index (χ0n) is 15.3. The van der Waals surface area contributed by atoms with E-state index in [-0.39, 0.29) is 5.69 Å². The fraction of sp³-hybridized carbons (Fsp3) is 0.263. The summed E-state index contributed by atoms with van der Waals surface area (Å²) in [5, 5.41) is 15.4. The first-order valence-electron chi connectivity index (χ1n) is 8.67. The molecule has 3 rings (SSSR count). The second-order valence-electron chi connectivity index (χ2n) is 6.03. The Kier molecular flexibility index (Phi) is 6.18. The lowest BCUT2D eigenvalue weighted by atomic mass is 10.1. The van der Waals surface area contributed by atoms with Gasteiger partial charge in [0.2, 0.25) is 0 Å². The van der Waals surface area contributed by atoms with Crippen LogP contribution in [0.25, 0.3) is 0 Å². The van der Waals surface area contributed by atoms with Gasteiger partial charge in [-0.2, -0.15) is 5.10 Å². The van der Waals surface area contributed by atoms with E-state index in [1.165, 1.54) is 12.3 Å². The van der Waals surface area contributed by atoms with Gasteiger partial charge in [-0.1, -0.05) is 6.07 Å². The number of carbonyl (C=O) groups is 1. The van der Waals surface area contributed by atoms with Gasteiger partial charge in [0.05, 0.1) is 31.5 Å². The maximum atomic E-state index is 12.1. The number of nitro benzene ring substituents is 1. The summed E-state index contributed by atoms with van der Waals surface area (Å²) in [6.07, 6.45) is 1.37. The van der Waals surface area contributed by atoms with Crippen molar-refractivity contribution in [3.05, 3.63) is 63.7 Å². The van der Waals surface area contributed by atoms with Crippen LogP contribution in [0, 0.1) is 10.1 Å². The van der Waals surface area contributed by atoms with Crippen LogP contribution in [0.3, 0.4) is 0 Å². The number of ether oxygens (including phenoxy) is 2. The highest BCUT2D eigenvalue weighted by atomic mass is 16.6. The topological polar surface area (TPSA) is 106 Å². The summed E-state index contributed by atoms with van der Waals surface area (Å²) in [6.45, 7) is 2.29. The highest BCUT2D eigenvalue weighted by Crippen LogP contribution is 2.29. The average molecular weight is 384 g/mol. The van der Waals surface area contributed by atoms with E-state index < -0.39 is 10.8 Å². The predicted molar refractivity (Wildman–Crippen MR) is 104 cm³/mol. The van der Waals surface area contributed by atoms with Crippen molar-refractivity contribution in [2.24, 2.45) is 5.10 Å². The summed E-state index contributed by atoms with van der Waals surface area (Å²) in [5.74, 6) is 0.256. The fourth-order valence-electron chi connectivity index (χ4n) is 2.81. The lowest BCUT2D eigenvalue weighted by Gasteiger charge is -2.28. The van der Waals surface area contributed by atoms with Crippen molar-refractivity contribution in [3.8, 4) is 5.75 Å². The van der Waals surface area contributed by atoms with E-state index in [1.54, 1.807) is 43.5 Å². The van der Waals surface area contributed by atoms with Gasteiger partial charge < -0.3 is 14.4 Å². The van der Waals surface area contributed by atoms with Gasteiger partial charge in [-0.3, -0.25) is 14.9 Å². The normalized spacial score (nSPS) is 14.1. The molecule has 0 bridgehead atoms. The van der Waals surface area contributed by atoms with Crippen LogP contribution in [-0.2, 0) is 4.74 Å². The molecule has 0 aliphatic carbocycles. The number of anilines is 1. The van der Waals surface area contributed by atoms with E-state index in [4.69, 9.17) is 9.47 Å². The first kappa shape index (κ1) is 19.3. The third-order valence-electron chi connectivity index (χ3n) is 4.28. The molecule has 1 aliphatic rings. The Bertz CT molecular complexity index is 876. The predicted octanol–water partition coefficient (Wildman–Crippen LogP) is 2.20. The Morgan fingerprint density at radius 3 is 2.61 bits per heavy atom. The van der Waals surface area contributed by atoms with Crippen molar-refractivity contribution >= 4 is 23.5 Å². The largest absolute Gasteiger partial charge is 0.497 e.